The molecular weight excluding hydrogens is 252 g/mol. The van der Waals surface area contributed by atoms with Crippen molar-refractivity contribution in [1.29, 1.82) is 0 Å². The highest BCUT2D eigenvalue weighted by Crippen LogP contribution is 2.09. The molecule has 2 amide bonds. The SMILES string of the molecule is CC(=O)Nc1ccc(C(=O)NCCCCC(C)C)cc1. The number of hydrogen-bond donors (Lipinski definition) is 2. The summed E-state index contributed by atoms with van der Waals surface area (Å²) in [6.45, 7) is 6.57. The quantitative estimate of drug-likeness (QED) is 0.751. The fraction of sp³-hybridized carbons (Fsp3) is 0.500. The van der Waals surface area contributed by atoms with Crippen molar-refractivity contribution in [3.63, 3.8) is 0 Å². The van der Waals surface area contributed by atoms with Gasteiger partial charge < -0.3 is 10.6 Å². The fourth-order valence-electron chi connectivity index (χ4n) is 1.89. The molecule has 0 saturated heterocycles. The van der Waals surface area contributed by atoms with E-state index in [9.17, 15) is 9.59 Å². The highest BCUT2D eigenvalue weighted by atomic mass is 16.2. The topological polar surface area (TPSA) is 58.2 Å². The maximum atomic E-state index is 11.9. The lowest BCUT2D eigenvalue weighted by Crippen LogP contribution is -2.24. The number of amides is 2. The Kier molecular flexibility index (Phi) is 6.77. The highest BCUT2D eigenvalue weighted by Gasteiger charge is 2.05. The molecule has 1 aromatic rings. The molecular formula is C16H24N2O2. The van der Waals surface area contributed by atoms with Gasteiger partial charge in [-0.15, -0.1) is 0 Å². The van der Waals surface area contributed by atoms with Gasteiger partial charge in [0.25, 0.3) is 5.91 Å². The molecule has 0 aliphatic heterocycles. The van der Waals surface area contributed by atoms with Crippen LogP contribution in [0.1, 0.15) is 50.4 Å². The lowest BCUT2D eigenvalue weighted by molar-refractivity contribution is -0.114. The number of carbonyl (C=O) groups excluding carboxylic acids is 2. The summed E-state index contributed by atoms with van der Waals surface area (Å²) < 4.78 is 0. The zero-order chi connectivity index (χ0) is 15.0. The molecule has 4 nitrogen and oxygen atoms in total. The van der Waals surface area contributed by atoms with Gasteiger partial charge >= 0.3 is 0 Å². The molecule has 0 unspecified atom stereocenters. The van der Waals surface area contributed by atoms with Gasteiger partial charge in [0.15, 0.2) is 0 Å². The maximum absolute atomic E-state index is 11.9. The Labute approximate surface area is 121 Å². The molecule has 0 heterocycles. The summed E-state index contributed by atoms with van der Waals surface area (Å²) in [6, 6.07) is 6.90. The summed E-state index contributed by atoms with van der Waals surface area (Å²) in [5.74, 6) is 0.531. The van der Waals surface area contributed by atoms with E-state index in [1.807, 2.05) is 0 Å². The Bertz CT molecular complexity index is 438. The third kappa shape index (κ3) is 6.36. The van der Waals surface area contributed by atoms with Crippen LogP contribution in [0.4, 0.5) is 5.69 Å². The zero-order valence-corrected chi connectivity index (χ0v) is 12.5. The molecule has 0 atom stereocenters. The first kappa shape index (κ1) is 16.2. The largest absolute Gasteiger partial charge is 0.352 e. The molecule has 0 aliphatic carbocycles. The van der Waals surface area contributed by atoms with Crippen LogP contribution >= 0.6 is 0 Å². The van der Waals surface area contributed by atoms with Crippen LogP contribution in [0.5, 0.6) is 0 Å². The van der Waals surface area contributed by atoms with Crippen LogP contribution in [0.15, 0.2) is 24.3 Å². The molecule has 2 N–H and O–H groups in total. The van der Waals surface area contributed by atoms with Crippen molar-refractivity contribution < 1.29 is 9.59 Å². The first-order chi connectivity index (χ1) is 9.49. The van der Waals surface area contributed by atoms with Gasteiger partial charge in [-0.2, -0.15) is 0 Å². The molecule has 110 valence electrons. The van der Waals surface area contributed by atoms with E-state index < -0.39 is 0 Å². The van der Waals surface area contributed by atoms with Gasteiger partial charge in [0.2, 0.25) is 5.91 Å². The summed E-state index contributed by atoms with van der Waals surface area (Å²) >= 11 is 0. The number of unbranched alkanes of at least 4 members (excludes halogenated alkanes) is 1. The molecule has 1 rings (SSSR count). The second kappa shape index (κ2) is 8.35. The average molecular weight is 276 g/mol. The molecule has 0 aliphatic rings. The monoisotopic (exact) mass is 276 g/mol. The number of anilines is 1. The van der Waals surface area contributed by atoms with Crippen molar-refractivity contribution in [3.05, 3.63) is 29.8 Å². The molecule has 0 spiro atoms. The summed E-state index contributed by atoms with van der Waals surface area (Å²) in [7, 11) is 0. The molecule has 0 saturated carbocycles. The Balaban J connectivity index is 2.34. The summed E-state index contributed by atoms with van der Waals surface area (Å²) in [5, 5.41) is 5.58. The molecule has 0 radical (unpaired) electrons. The first-order valence-electron chi connectivity index (χ1n) is 7.15. The third-order valence-electron chi connectivity index (χ3n) is 2.96. The number of hydrogen-bond acceptors (Lipinski definition) is 2. The molecule has 0 bridgehead atoms. The maximum Gasteiger partial charge on any atom is 0.251 e. The Morgan fingerprint density at radius 2 is 1.75 bits per heavy atom. The Morgan fingerprint density at radius 3 is 2.30 bits per heavy atom. The van der Waals surface area contributed by atoms with Crippen molar-refractivity contribution in [3.8, 4) is 0 Å². The van der Waals surface area contributed by atoms with Crippen LogP contribution in [-0.4, -0.2) is 18.4 Å². The van der Waals surface area contributed by atoms with Crippen LogP contribution in [-0.2, 0) is 4.79 Å². The standard InChI is InChI=1S/C16H24N2O2/c1-12(2)6-4-5-11-17-16(20)14-7-9-15(10-8-14)18-13(3)19/h7-10,12H,4-6,11H2,1-3H3,(H,17,20)(H,18,19). The van der Waals surface area contributed by atoms with E-state index >= 15 is 0 Å². The van der Waals surface area contributed by atoms with Crippen molar-refractivity contribution in [2.24, 2.45) is 5.92 Å². The number of carbonyl (C=O) groups is 2. The van der Waals surface area contributed by atoms with E-state index in [2.05, 4.69) is 24.5 Å². The molecule has 20 heavy (non-hydrogen) atoms. The minimum atomic E-state index is -0.118. The van der Waals surface area contributed by atoms with Crippen LogP contribution < -0.4 is 10.6 Å². The van der Waals surface area contributed by atoms with Gasteiger partial charge in [0.05, 0.1) is 0 Å². The van der Waals surface area contributed by atoms with Crippen LogP contribution in [0, 0.1) is 5.92 Å². The second-order valence-electron chi connectivity index (χ2n) is 5.40. The second-order valence-corrected chi connectivity index (χ2v) is 5.40. The molecule has 0 aromatic heterocycles. The van der Waals surface area contributed by atoms with E-state index in [1.54, 1.807) is 24.3 Å². The number of benzene rings is 1. The normalized spacial score (nSPS) is 10.4. The average Bonchev–Trinajstić information content (AvgIpc) is 2.38. The van der Waals surface area contributed by atoms with Crippen molar-refractivity contribution in [2.45, 2.75) is 40.0 Å². The predicted molar refractivity (Wildman–Crippen MR) is 81.8 cm³/mol. The molecule has 0 fully saturated rings. The molecule has 4 heteroatoms. The van der Waals surface area contributed by atoms with Gasteiger partial charge in [0, 0.05) is 24.7 Å². The van der Waals surface area contributed by atoms with E-state index in [-0.39, 0.29) is 11.8 Å². The lowest BCUT2D eigenvalue weighted by atomic mass is 10.1. The van der Waals surface area contributed by atoms with Gasteiger partial charge in [-0.05, 0) is 36.6 Å². The van der Waals surface area contributed by atoms with E-state index in [0.717, 1.165) is 12.8 Å². The van der Waals surface area contributed by atoms with Gasteiger partial charge in [-0.25, -0.2) is 0 Å². The molecule has 1 aromatic carbocycles. The highest BCUT2D eigenvalue weighted by molar-refractivity contribution is 5.95. The fourth-order valence-corrected chi connectivity index (χ4v) is 1.89. The zero-order valence-electron chi connectivity index (χ0n) is 12.5. The van der Waals surface area contributed by atoms with E-state index in [4.69, 9.17) is 0 Å². The van der Waals surface area contributed by atoms with E-state index in [1.165, 1.54) is 13.3 Å². The van der Waals surface area contributed by atoms with Crippen molar-refractivity contribution in [1.82, 2.24) is 5.32 Å². The van der Waals surface area contributed by atoms with Gasteiger partial charge in [-0.1, -0.05) is 26.7 Å². The smallest absolute Gasteiger partial charge is 0.251 e. The number of rotatable bonds is 7. The lowest BCUT2D eigenvalue weighted by Gasteiger charge is -2.07. The van der Waals surface area contributed by atoms with Gasteiger partial charge in [0.1, 0.15) is 0 Å². The third-order valence-corrected chi connectivity index (χ3v) is 2.96. The van der Waals surface area contributed by atoms with Crippen molar-refractivity contribution in [2.75, 3.05) is 11.9 Å². The summed E-state index contributed by atoms with van der Waals surface area (Å²) in [6.07, 6.45) is 3.34. The van der Waals surface area contributed by atoms with Crippen molar-refractivity contribution >= 4 is 17.5 Å². The Morgan fingerprint density at radius 1 is 1.10 bits per heavy atom. The van der Waals surface area contributed by atoms with Gasteiger partial charge in [-0.3, -0.25) is 9.59 Å². The summed E-state index contributed by atoms with van der Waals surface area (Å²) in [5.41, 5.74) is 1.31. The first-order valence-corrected chi connectivity index (χ1v) is 7.15. The van der Waals surface area contributed by atoms with Crippen LogP contribution in [0.3, 0.4) is 0 Å². The van der Waals surface area contributed by atoms with E-state index in [0.29, 0.717) is 23.7 Å². The predicted octanol–water partition coefficient (Wildman–Crippen LogP) is 3.20. The minimum Gasteiger partial charge on any atom is -0.352 e. The van der Waals surface area contributed by atoms with Crippen LogP contribution in [0.25, 0.3) is 0 Å². The summed E-state index contributed by atoms with van der Waals surface area (Å²) in [4.78, 5) is 22.8. The Hall–Kier alpha value is -1.84. The minimum absolute atomic E-state index is 0.0658. The van der Waals surface area contributed by atoms with Crippen LogP contribution in [0.2, 0.25) is 0 Å². The number of nitrogens with one attached hydrogen (secondary N) is 2.